The number of halogens is 5. The summed E-state index contributed by atoms with van der Waals surface area (Å²) in [5, 5.41) is 13.3. The minimum Gasteiger partial charge on any atom is -0.389 e. The number of hydrogen-bond acceptors (Lipinski definition) is 8. The van der Waals surface area contributed by atoms with Gasteiger partial charge in [-0.25, -0.2) is 27.8 Å². The van der Waals surface area contributed by atoms with Crippen LogP contribution in [0.15, 0.2) is 36.9 Å². The van der Waals surface area contributed by atoms with Crippen LogP contribution < -0.4 is 5.32 Å². The van der Waals surface area contributed by atoms with Crippen LogP contribution in [0.3, 0.4) is 0 Å². The van der Waals surface area contributed by atoms with Crippen molar-refractivity contribution in [2.45, 2.75) is 50.3 Å². The Hall–Kier alpha value is -2.85. The fourth-order valence-corrected chi connectivity index (χ4v) is 6.38. The Labute approximate surface area is 245 Å². The van der Waals surface area contributed by atoms with Gasteiger partial charge < -0.3 is 15.0 Å². The summed E-state index contributed by atoms with van der Waals surface area (Å²) in [5.41, 5.74) is -1.04. The lowest BCUT2D eigenvalue weighted by molar-refractivity contribution is -0.137. The summed E-state index contributed by atoms with van der Waals surface area (Å²) in [6, 6.07) is 4.46. The Balaban J connectivity index is 1.37. The van der Waals surface area contributed by atoms with E-state index in [9.17, 15) is 31.1 Å². The zero-order chi connectivity index (χ0) is 30.4. The molecular weight excluding hydrogens is 602 g/mol. The number of piperidine rings is 1. The number of alkyl halides is 4. The molecule has 0 radical (unpaired) electrons. The van der Waals surface area contributed by atoms with E-state index in [0.717, 1.165) is 22.7 Å². The van der Waals surface area contributed by atoms with Crippen LogP contribution in [-0.2, 0) is 22.7 Å². The molecule has 0 saturated carbocycles. The first-order valence-electron chi connectivity index (χ1n) is 13.2. The molecule has 2 aromatic heterocycles. The number of benzene rings is 1. The van der Waals surface area contributed by atoms with E-state index in [0.29, 0.717) is 36.4 Å². The summed E-state index contributed by atoms with van der Waals surface area (Å²) in [6.45, 7) is 3.34. The maximum absolute atomic E-state index is 14.8. The van der Waals surface area contributed by atoms with Gasteiger partial charge in [-0.1, -0.05) is 17.7 Å². The van der Waals surface area contributed by atoms with Gasteiger partial charge in [0.15, 0.2) is 0 Å². The van der Waals surface area contributed by atoms with Crippen molar-refractivity contribution in [2.24, 2.45) is 0 Å². The van der Waals surface area contributed by atoms with E-state index in [4.69, 9.17) is 11.6 Å². The molecule has 0 spiro atoms. The quantitative estimate of drug-likeness (QED) is 0.379. The molecule has 5 rings (SSSR count). The summed E-state index contributed by atoms with van der Waals surface area (Å²) >= 11 is 6.54. The first-order valence-corrected chi connectivity index (χ1v) is 15.4. The SMILES string of the molecule is C[C@]1(O)CCN(Cc2ccc(-n3cnc(-c4nc(N[C@H]5CCN(S(C)(=O)=O)C[C@H]5F)ncc4C(F)(F)F)c3)c(Cl)c2)C1. The number of likely N-dealkylation sites (tertiary alicyclic amines) is 1. The van der Waals surface area contributed by atoms with Gasteiger partial charge in [0.1, 0.15) is 29.5 Å². The number of rotatable bonds is 7. The van der Waals surface area contributed by atoms with Crippen LogP contribution in [0.1, 0.15) is 30.9 Å². The molecule has 4 heterocycles. The maximum Gasteiger partial charge on any atom is 0.420 e. The second-order valence-corrected chi connectivity index (χ2v) is 13.4. The van der Waals surface area contributed by atoms with Crippen molar-refractivity contribution in [3.8, 4) is 17.1 Å². The van der Waals surface area contributed by atoms with Crippen LogP contribution in [0.2, 0.25) is 5.02 Å². The Morgan fingerprint density at radius 3 is 2.62 bits per heavy atom. The highest BCUT2D eigenvalue weighted by atomic mass is 35.5. The van der Waals surface area contributed by atoms with Gasteiger partial charge >= 0.3 is 6.18 Å². The predicted octanol–water partition coefficient (Wildman–Crippen LogP) is 3.74. The lowest BCUT2D eigenvalue weighted by Gasteiger charge is -2.33. The zero-order valence-corrected chi connectivity index (χ0v) is 24.4. The molecular formula is C26H30ClF4N7O3S. The highest BCUT2D eigenvalue weighted by Gasteiger charge is 2.38. The van der Waals surface area contributed by atoms with Crippen molar-refractivity contribution in [3.63, 3.8) is 0 Å². The normalized spacial score (nSPS) is 24.3. The molecule has 16 heteroatoms. The number of β-amino-alcohol motifs (C(OH)–C–C–N with tert-alkyl or cyclic N) is 1. The zero-order valence-electron chi connectivity index (χ0n) is 22.8. The van der Waals surface area contributed by atoms with Gasteiger partial charge in [-0.3, -0.25) is 4.90 Å². The van der Waals surface area contributed by atoms with E-state index >= 15 is 0 Å². The summed E-state index contributed by atoms with van der Waals surface area (Å²) in [4.78, 5) is 14.0. The van der Waals surface area contributed by atoms with Gasteiger partial charge in [-0.2, -0.15) is 17.5 Å². The minimum absolute atomic E-state index is 0.0488. The third-order valence-corrected chi connectivity index (χ3v) is 9.01. The molecule has 0 aliphatic carbocycles. The van der Waals surface area contributed by atoms with Crippen molar-refractivity contribution < 1.29 is 31.1 Å². The second kappa shape index (κ2) is 11.3. The number of nitrogens with one attached hydrogen (secondary N) is 1. The number of imidazole rings is 1. The predicted molar refractivity (Wildman–Crippen MR) is 148 cm³/mol. The molecule has 3 aromatic rings. The number of sulfonamides is 1. The summed E-state index contributed by atoms with van der Waals surface area (Å²) in [7, 11) is -3.58. The Morgan fingerprint density at radius 1 is 1.24 bits per heavy atom. The monoisotopic (exact) mass is 631 g/mol. The highest BCUT2D eigenvalue weighted by Crippen LogP contribution is 2.36. The Morgan fingerprint density at radius 2 is 2.00 bits per heavy atom. The fourth-order valence-electron chi connectivity index (χ4n) is 5.23. The van der Waals surface area contributed by atoms with Crippen LogP contribution >= 0.6 is 11.6 Å². The first kappa shape index (κ1) is 30.6. The molecule has 0 unspecified atom stereocenters. The van der Waals surface area contributed by atoms with Gasteiger partial charge in [0.25, 0.3) is 0 Å². The van der Waals surface area contributed by atoms with Crippen molar-refractivity contribution in [1.82, 2.24) is 28.7 Å². The molecule has 228 valence electrons. The summed E-state index contributed by atoms with van der Waals surface area (Å²) < 4.78 is 82.4. The van der Waals surface area contributed by atoms with Crippen LogP contribution in [-0.4, -0.2) is 92.5 Å². The lowest BCUT2D eigenvalue weighted by Crippen LogP contribution is -2.49. The minimum atomic E-state index is -4.79. The number of aromatic nitrogens is 4. The van der Waals surface area contributed by atoms with Gasteiger partial charge in [-0.15, -0.1) is 0 Å². The Bertz CT molecular complexity index is 1570. The van der Waals surface area contributed by atoms with E-state index < -0.39 is 45.3 Å². The molecule has 2 fully saturated rings. The van der Waals surface area contributed by atoms with Crippen LogP contribution in [0.4, 0.5) is 23.5 Å². The second-order valence-electron chi connectivity index (χ2n) is 11.0. The number of aliphatic hydroxyl groups is 1. The van der Waals surface area contributed by atoms with Crippen molar-refractivity contribution in [3.05, 3.63) is 53.1 Å². The third kappa shape index (κ3) is 6.86. The van der Waals surface area contributed by atoms with Gasteiger partial charge in [0.2, 0.25) is 16.0 Å². The molecule has 2 aliphatic heterocycles. The lowest BCUT2D eigenvalue weighted by atomic mass is 10.1. The third-order valence-electron chi connectivity index (χ3n) is 7.43. The standard InChI is InChI=1S/C26H30ClF4N7O3S/c1-25(39)6-8-36(14-25)11-16-3-4-22(18(27)9-16)37-13-21(33-15-37)23-17(26(29,30)31)10-32-24(35-23)34-20-5-7-38(12-19(20)28)42(2,40)41/h3-4,9-10,13,15,19-20,39H,5-8,11-12,14H2,1-2H3,(H,32,34,35)/t19-,20+,25+/m1/s1. The summed E-state index contributed by atoms with van der Waals surface area (Å²) in [6.07, 6.45) is -1.38. The summed E-state index contributed by atoms with van der Waals surface area (Å²) in [5.74, 6) is -0.240. The fraction of sp³-hybridized carbons (Fsp3) is 0.500. The van der Waals surface area contributed by atoms with Crippen molar-refractivity contribution >= 4 is 27.6 Å². The van der Waals surface area contributed by atoms with Crippen LogP contribution in [0.25, 0.3) is 17.1 Å². The Kier molecular flexibility index (Phi) is 8.26. The van der Waals surface area contributed by atoms with Crippen molar-refractivity contribution in [2.75, 3.05) is 37.8 Å². The molecule has 2 saturated heterocycles. The molecule has 0 bridgehead atoms. The van der Waals surface area contributed by atoms with Crippen LogP contribution in [0.5, 0.6) is 0 Å². The molecule has 2 aliphatic rings. The average Bonchev–Trinajstić information content (AvgIpc) is 3.50. The molecule has 1 aromatic carbocycles. The van der Waals surface area contributed by atoms with E-state index in [2.05, 4.69) is 25.2 Å². The van der Waals surface area contributed by atoms with E-state index in [1.807, 2.05) is 6.07 Å². The van der Waals surface area contributed by atoms with Gasteiger partial charge in [0.05, 0.1) is 28.6 Å². The smallest absolute Gasteiger partial charge is 0.389 e. The van der Waals surface area contributed by atoms with Crippen molar-refractivity contribution in [1.29, 1.82) is 0 Å². The topological polar surface area (TPSA) is 116 Å². The number of anilines is 1. The molecule has 0 amide bonds. The molecule has 3 atom stereocenters. The largest absolute Gasteiger partial charge is 0.420 e. The van der Waals surface area contributed by atoms with E-state index in [-0.39, 0.29) is 31.2 Å². The number of nitrogens with zero attached hydrogens (tertiary/aromatic N) is 6. The number of hydrogen-bond donors (Lipinski definition) is 2. The van der Waals surface area contributed by atoms with Gasteiger partial charge in [-0.05, 0) is 37.5 Å². The molecule has 2 N–H and O–H groups in total. The van der Waals surface area contributed by atoms with Crippen LogP contribution in [0, 0.1) is 0 Å². The average molecular weight is 632 g/mol. The van der Waals surface area contributed by atoms with Gasteiger partial charge in [0, 0.05) is 45.1 Å². The molecule has 42 heavy (non-hydrogen) atoms. The van der Waals surface area contributed by atoms with E-state index in [1.54, 1.807) is 19.1 Å². The first-order chi connectivity index (χ1) is 19.6. The maximum atomic E-state index is 14.8. The van der Waals surface area contributed by atoms with E-state index in [1.165, 1.54) is 17.1 Å². The highest BCUT2D eigenvalue weighted by molar-refractivity contribution is 7.88. The molecule has 10 nitrogen and oxygen atoms in total.